The van der Waals surface area contributed by atoms with Gasteiger partial charge in [0.25, 0.3) is 0 Å². The van der Waals surface area contributed by atoms with Crippen LogP contribution in [0, 0.1) is 0 Å². The summed E-state index contributed by atoms with van der Waals surface area (Å²) in [4.78, 5) is 25.4. The maximum Gasteiger partial charge on any atom is 0.343 e. The maximum absolute atomic E-state index is 14.2. The van der Waals surface area contributed by atoms with Crippen LogP contribution >= 0.6 is 0 Å². The van der Waals surface area contributed by atoms with Gasteiger partial charge in [-0.3, -0.25) is 4.79 Å². The first-order chi connectivity index (χ1) is 10.4. The molecule has 1 aromatic rings. The molecule has 1 saturated heterocycles. The van der Waals surface area contributed by atoms with Gasteiger partial charge in [-0.25, -0.2) is 9.18 Å². The van der Waals surface area contributed by atoms with Gasteiger partial charge >= 0.3 is 5.97 Å². The third kappa shape index (κ3) is 2.19. The number of rotatable bonds is 2. The highest BCUT2D eigenvalue weighted by atomic mass is 19.1. The van der Waals surface area contributed by atoms with Crippen molar-refractivity contribution in [2.75, 3.05) is 13.1 Å². The van der Waals surface area contributed by atoms with Crippen LogP contribution < -0.4 is 0 Å². The molecule has 0 aromatic heterocycles. The number of aliphatic carboxylic acids is 1. The molecule has 3 rings (SSSR count). The van der Waals surface area contributed by atoms with Gasteiger partial charge in [-0.1, -0.05) is 24.3 Å². The van der Waals surface area contributed by atoms with Crippen molar-refractivity contribution in [1.82, 2.24) is 4.90 Å². The lowest BCUT2D eigenvalue weighted by atomic mass is 9.70. The van der Waals surface area contributed by atoms with Gasteiger partial charge in [-0.05, 0) is 37.3 Å². The van der Waals surface area contributed by atoms with E-state index in [-0.39, 0.29) is 25.4 Å². The van der Waals surface area contributed by atoms with E-state index in [0.29, 0.717) is 6.42 Å². The third-order valence-electron chi connectivity index (χ3n) is 5.10. The van der Waals surface area contributed by atoms with E-state index in [9.17, 15) is 14.0 Å². The van der Waals surface area contributed by atoms with Gasteiger partial charge in [0.2, 0.25) is 11.6 Å². The highest BCUT2D eigenvalue weighted by Crippen LogP contribution is 2.40. The number of amides is 1. The molecule has 5 heteroatoms. The molecule has 1 aliphatic heterocycles. The number of hydrogen-bond donors (Lipinski definition) is 1. The Hall–Kier alpha value is -1.91. The SMILES string of the molecule is CC1(C(=O)N2CCC(F)(C(=O)O)C2)CCCc2ccccc21. The first kappa shape index (κ1) is 15.0. The Morgan fingerprint density at radius 2 is 2.00 bits per heavy atom. The summed E-state index contributed by atoms with van der Waals surface area (Å²) in [5, 5.41) is 8.99. The first-order valence-electron chi connectivity index (χ1n) is 7.67. The van der Waals surface area contributed by atoms with E-state index in [4.69, 9.17) is 5.11 Å². The fraction of sp³-hybridized carbons (Fsp3) is 0.529. The molecule has 0 spiro atoms. The van der Waals surface area contributed by atoms with Gasteiger partial charge in [-0.2, -0.15) is 0 Å². The van der Waals surface area contributed by atoms with Gasteiger partial charge < -0.3 is 10.0 Å². The van der Waals surface area contributed by atoms with Crippen molar-refractivity contribution in [3.8, 4) is 0 Å². The van der Waals surface area contributed by atoms with Crippen molar-refractivity contribution in [2.45, 2.75) is 43.7 Å². The minimum atomic E-state index is -2.31. The second kappa shape index (κ2) is 5.07. The minimum absolute atomic E-state index is 0.133. The van der Waals surface area contributed by atoms with Crippen molar-refractivity contribution in [3.05, 3.63) is 35.4 Å². The maximum atomic E-state index is 14.2. The van der Waals surface area contributed by atoms with Gasteiger partial charge in [0.1, 0.15) is 0 Å². The quantitative estimate of drug-likeness (QED) is 0.912. The number of carboxylic acids is 1. The standard InChI is InChI=1S/C17H20FNO3/c1-16(8-4-6-12-5-2-3-7-13(12)16)14(20)19-10-9-17(18,11-19)15(21)22/h2-3,5,7H,4,6,8-11H2,1H3,(H,21,22). The molecule has 0 saturated carbocycles. The number of hydrogen-bond acceptors (Lipinski definition) is 2. The van der Waals surface area contributed by atoms with Crippen LogP contribution in [0.4, 0.5) is 4.39 Å². The third-order valence-corrected chi connectivity index (χ3v) is 5.10. The zero-order valence-corrected chi connectivity index (χ0v) is 12.6. The summed E-state index contributed by atoms with van der Waals surface area (Å²) >= 11 is 0. The van der Waals surface area contributed by atoms with Gasteiger partial charge in [0, 0.05) is 13.0 Å². The molecule has 1 N–H and O–H groups in total. The number of fused-ring (bicyclic) bond motifs is 1. The van der Waals surface area contributed by atoms with Gasteiger partial charge in [0.05, 0.1) is 12.0 Å². The largest absolute Gasteiger partial charge is 0.479 e. The average Bonchev–Trinajstić information content (AvgIpc) is 2.91. The van der Waals surface area contributed by atoms with Crippen molar-refractivity contribution in [3.63, 3.8) is 0 Å². The highest BCUT2D eigenvalue weighted by Gasteiger charge is 2.50. The molecule has 118 valence electrons. The second-order valence-electron chi connectivity index (χ2n) is 6.59. The smallest absolute Gasteiger partial charge is 0.343 e. The Morgan fingerprint density at radius 1 is 1.27 bits per heavy atom. The fourth-order valence-corrected chi connectivity index (χ4v) is 3.74. The van der Waals surface area contributed by atoms with E-state index in [0.717, 1.165) is 24.0 Å². The lowest BCUT2D eigenvalue weighted by Crippen LogP contribution is -2.48. The molecular formula is C17H20FNO3. The summed E-state index contributed by atoms with van der Waals surface area (Å²) in [5.74, 6) is -1.63. The van der Waals surface area contributed by atoms with Gasteiger partial charge in [0.15, 0.2) is 0 Å². The Balaban J connectivity index is 1.89. The Labute approximate surface area is 128 Å². The van der Waals surface area contributed by atoms with Crippen LogP contribution in [0.2, 0.25) is 0 Å². The fourth-order valence-electron chi connectivity index (χ4n) is 3.74. The summed E-state index contributed by atoms with van der Waals surface area (Å²) in [6, 6.07) is 7.86. The zero-order valence-electron chi connectivity index (χ0n) is 12.6. The van der Waals surface area contributed by atoms with Crippen molar-refractivity contribution in [1.29, 1.82) is 0 Å². The predicted octanol–water partition coefficient (Wildman–Crippen LogP) is 2.31. The minimum Gasteiger partial charge on any atom is -0.479 e. The topological polar surface area (TPSA) is 57.6 Å². The molecule has 1 aromatic carbocycles. The number of alkyl halides is 1. The number of carboxylic acid groups (broad SMARTS) is 1. The van der Waals surface area contributed by atoms with Crippen molar-refractivity contribution in [2.24, 2.45) is 0 Å². The molecule has 1 heterocycles. The number of aryl methyl sites for hydroxylation is 1. The summed E-state index contributed by atoms with van der Waals surface area (Å²) in [6.07, 6.45) is 2.44. The van der Waals surface area contributed by atoms with E-state index in [1.165, 1.54) is 4.90 Å². The molecule has 1 amide bonds. The molecule has 2 atom stereocenters. The average molecular weight is 305 g/mol. The highest BCUT2D eigenvalue weighted by molar-refractivity contribution is 5.90. The van der Waals surface area contributed by atoms with Crippen LogP contribution in [0.3, 0.4) is 0 Å². The predicted molar refractivity (Wildman–Crippen MR) is 79.4 cm³/mol. The molecule has 4 nitrogen and oxygen atoms in total. The molecule has 0 radical (unpaired) electrons. The normalized spacial score (nSPS) is 30.9. The number of carbonyl (C=O) groups excluding carboxylic acids is 1. The Kier molecular flexibility index (Phi) is 3.46. The second-order valence-corrected chi connectivity index (χ2v) is 6.59. The number of carbonyl (C=O) groups is 2. The summed E-state index contributed by atoms with van der Waals surface area (Å²) in [6.45, 7) is 1.71. The lowest BCUT2D eigenvalue weighted by Gasteiger charge is -2.37. The number of nitrogens with zero attached hydrogens (tertiary/aromatic N) is 1. The van der Waals surface area contributed by atoms with E-state index in [2.05, 4.69) is 0 Å². The van der Waals surface area contributed by atoms with E-state index >= 15 is 0 Å². The van der Waals surface area contributed by atoms with Crippen LogP contribution in [0.1, 0.15) is 37.3 Å². The van der Waals surface area contributed by atoms with Gasteiger partial charge in [-0.15, -0.1) is 0 Å². The molecular weight excluding hydrogens is 285 g/mol. The summed E-state index contributed by atoms with van der Waals surface area (Å²) in [7, 11) is 0. The van der Waals surface area contributed by atoms with Crippen molar-refractivity contribution < 1.29 is 19.1 Å². The van der Waals surface area contributed by atoms with Crippen molar-refractivity contribution >= 4 is 11.9 Å². The molecule has 1 fully saturated rings. The van der Waals surface area contributed by atoms with Crippen LogP contribution in [0.5, 0.6) is 0 Å². The van der Waals surface area contributed by atoms with E-state index < -0.39 is 17.1 Å². The van der Waals surface area contributed by atoms with Crippen LogP contribution in [0.25, 0.3) is 0 Å². The summed E-state index contributed by atoms with van der Waals surface area (Å²) < 4.78 is 14.2. The molecule has 2 aliphatic rings. The molecule has 22 heavy (non-hydrogen) atoms. The first-order valence-corrected chi connectivity index (χ1v) is 7.67. The molecule has 0 bridgehead atoms. The van der Waals surface area contributed by atoms with Crippen LogP contribution in [-0.2, 0) is 21.4 Å². The number of benzene rings is 1. The monoisotopic (exact) mass is 305 g/mol. The summed E-state index contributed by atoms with van der Waals surface area (Å²) in [5.41, 5.74) is -0.829. The number of halogens is 1. The number of likely N-dealkylation sites (tertiary alicyclic amines) is 1. The lowest BCUT2D eigenvalue weighted by molar-refractivity contribution is -0.150. The van der Waals surface area contributed by atoms with Crippen LogP contribution in [-0.4, -0.2) is 40.6 Å². The van der Waals surface area contributed by atoms with E-state index in [1.54, 1.807) is 0 Å². The van der Waals surface area contributed by atoms with E-state index in [1.807, 2.05) is 31.2 Å². The molecule has 2 unspecified atom stereocenters. The molecule has 1 aliphatic carbocycles. The van der Waals surface area contributed by atoms with Crippen LogP contribution in [0.15, 0.2) is 24.3 Å². The Morgan fingerprint density at radius 3 is 2.68 bits per heavy atom. The Bertz CT molecular complexity index is 632. The zero-order chi connectivity index (χ0) is 16.0.